The number of rotatable bonds is 10. The number of carbonyl (C=O) groups is 5. The van der Waals surface area contributed by atoms with E-state index in [2.05, 4.69) is 33.2 Å². The topological polar surface area (TPSA) is 155 Å². The highest BCUT2D eigenvalue weighted by Gasteiger charge is 2.35. The summed E-state index contributed by atoms with van der Waals surface area (Å²) in [5.74, 6) is -2.55. The van der Waals surface area contributed by atoms with Crippen molar-refractivity contribution < 1.29 is 38.6 Å². The lowest BCUT2D eigenvalue weighted by Gasteiger charge is -2.35. The average Bonchev–Trinajstić information content (AvgIpc) is 3.33. The third-order valence-corrected chi connectivity index (χ3v) is 8.16. The van der Waals surface area contributed by atoms with Crippen LogP contribution < -0.4 is 20.3 Å². The number of benzene rings is 3. The number of ether oxygens (including phenoxy) is 2. The lowest BCUT2D eigenvalue weighted by atomic mass is 9.98. The maximum absolute atomic E-state index is 13.3. The molecule has 2 aliphatic rings. The smallest absolute Gasteiger partial charge is 0.407 e. The average molecular weight is 712 g/mol. The largest absolute Gasteiger partial charge is 0.495 e. The van der Waals surface area contributed by atoms with Crippen LogP contribution in [0.3, 0.4) is 0 Å². The van der Waals surface area contributed by atoms with Crippen LogP contribution in [0.2, 0.25) is 0 Å². The summed E-state index contributed by atoms with van der Waals surface area (Å²) < 4.78 is 11.7. The fourth-order valence-electron chi connectivity index (χ4n) is 5.39. The van der Waals surface area contributed by atoms with Gasteiger partial charge in [-0.05, 0) is 63.0 Å². The first-order valence-electron chi connectivity index (χ1n) is 13.7. The first-order valence-corrected chi connectivity index (χ1v) is 14.8. The molecule has 1 atom stereocenters. The second kappa shape index (κ2) is 13.3. The summed E-state index contributed by atoms with van der Waals surface area (Å²) in [6.45, 7) is -0.443. The van der Waals surface area contributed by atoms with Crippen molar-refractivity contribution in [1.29, 1.82) is 0 Å². The van der Waals surface area contributed by atoms with E-state index >= 15 is 0 Å². The van der Waals surface area contributed by atoms with Gasteiger partial charge in [0.25, 0.3) is 0 Å². The Morgan fingerprint density at radius 1 is 1.02 bits per heavy atom. The normalized spacial score (nSPS) is 14.9. The van der Waals surface area contributed by atoms with Crippen molar-refractivity contribution in [2.45, 2.75) is 24.8 Å². The van der Waals surface area contributed by atoms with Crippen molar-refractivity contribution >= 4 is 58.2 Å². The maximum Gasteiger partial charge on any atom is 0.407 e. The van der Waals surface area contributed by atoms with Crippen molar-refractivity contribution in [1.82, 2.24) is 15.5 Å². The summed E-state index contributed by atoms with van der Waals surface area (Å²) >= 11 is 2.10. The van der Waals surface area contributed by atoms with Crippen LogP contribution in [0.5, 0.6) is 5.75 Å². The number of carboxylic acid groups (broad SMARTS) is 1. The molecule has 0 saturated carbocycles. The number of hydrogen-bond donors (Lipinski definition) is 3. The minimum atomic E-state index is -1.52. The highest BCUT2D eigenvalue weighted by Crippen LogP contribution is 2.44. The van der Waals surface area contributed by atoms with E-state index in [9.17, 15) is 29.1 Å². The minimum Gasteiger partial charge on any atom is -0.495 e. The second-order valence-electron chi connectivity index (χ2n) is 10.1. The Kier molecular flexibility index (Phi) is 9.32. The number of anilines is 1. The third kappa shape index (κ3) is 6.46. The van der Waals surface area contributed by atoms with Crippen LogP contribution in [-0.2, 0) is 19.1 Å². The molecule has 228 valence electrons. The Morgan fingerprint density at radius 2 is 1.68 bits per heavy atom. The predicted molar refractivity (Wildman–Crippen MR) is 167 cm³/mol. The lowest BCUT2D eigenvalue weighted by molar-refractivity contribution is -0.140. The molecule has 0 radical (unpaired) electrons. The molecule has 44 heavy (non-hydrogen) atoms. The predicted octanol–water partition coefficient (Wildman–Crippen LogP) is 3.91. The number of nitrogens with one attached hydrogen (secondary N) is 2. The number of halogens is 1. The number of imide groups is 1. The molecule has 5 rings (SSSR count). The maximum atomic E-state index is 13.3. The highest BCUT2D eigenvalue weighted by molar-refractivity contribution is 14.1. The third-order valence-electron chi connectivity index (χ3n) is 7.49. The van der Waals surface area contributed by atoms with Crippen molar-refractivity contribution in [3.8, 4) is 16.9 Å². The van der Waals surface area contributed by atoms with Crippen LogP contribution in [0, 0.1) is 3.57 Å². The van der Waals surface area contributed by atoms with Gasteiger partial charge in [-0.2, -0.15) is 0 Å². The van der Waals surface area contributed by atoms with Crippen molar-refractivity contribution in [3.05, 3.63) is 81.4 Å². The number of hydrogen-bond acceptors (Lipinski definition) is 7. The minimum absolute atomic E-state index is 0.00715. The number of carbonyl (C=O) groups excluding carboxylic acids is 4. The van der Waals surface area contributed by atoms with Gasteiger partial charge in [0.05, 0.1) is 19.2 Å². The molecule has 3 aromatic carbocycles. The molecule has 5 amide bonds. The van der Waals surface area contributed by atoms with E-state index in [1.54, 1.807) is 12.1 Å². The zero-order valence-electron chi connectivity index (χ0n) is 23.6. The SMILES string of the molecule is COc1ccc(I)cc1N1CCC(=O)N(CNC(=O)[C@H](CC(=O)O)NC(=O)OCC2c3ccccc3-c3ccccc32)C1=O. The Bertz CT molecular complexity index is 1580. The summed E-state index contributed by atoms with van der Waals surface area (Å²) in [7, 11) is 1.47. The van der Waals surface area contributed by atoms with E-state index in [1.807, 2.05) is 54.6 Å². The van der Waals surface area contributed by atoms with Crippen LogP contribution in [0.15, 0.2) is 66.7 Å². The van der Waals surface area contributed by atoms with Gasteiger partial charge in [0.15, 0.2) is 0 Å². The van der Waals surface area contributed by atoms with Crippen LogP contribution in [0.1, 0.15) is 29.9 Å². The monoisotopic (exact) mass is 712 g/mol. The van der Waals surface area contributed by atoms with E-state index in [0.29, 0.717) is 11.4 Å². The molecule has 1 fully saturated rings. The van der Waals surface area contributed by atoms with E-state index in [-0.39, 0.29) is 25.5 Å². The summed E-state index contributed by atoms with van der Waals surface area (Å²) in [5.41, 5.74) is 4.54. The first-order chi connectivity index (χ1) is 21.2. The Balaban J connectivity index is 1.22. The zero-order valence-corrected chi connectivity index (χ0v) is 25.8. The van der Waals surface area contributed by atoms with Gasteiger partial charge in [0, 0.05) is 22.5 Å². The van der Waals surface area contributed by atoms with Gasteiger partial charge in [0.2, 0.25) is 11.8 Å². The molecular weight excluding hydrogens is 683 g/mol. The number of fused-ring (bicyclic) bond motifs is 3. The zero-order chi connectivity index (χ0) is 31.4. The van der Waals surface area contributed by atoms with Gasteiger partial charge >= 0.3 is 18.1 Å². The molecule has 1 heterocycles. The summed E-state index contributed by atoms with van der Waals surface area (Å²) in [6.07, 6.45) is -1.73. The van der Waals surface area contributed by atoms with Crippen molar-refractivity contribution in [2.24, 2.45) is 0 Å². The van der Waals surface area contributed by atoms with Gasteiger partial charge < -0.3 is 25.2 Å². The second-order valence-corrected chi connectivity index (χ2v) is 11.4. The fourth-order valence-corrected chi connectivity index (χ4v) is 5.86. The Labute approximate surface area is 266 Å². The number of amides is 5. The molecule has 0 spiro atoms. The molecule has 0 bridgehead atoms. The van der Waals surface area contributed by atoms with Gasteiger partial charge in [-0.3, -0.25) is 19.3 Å². The first kappa shape index (κ1) is 30.8. The van der Waals surface area contributed by atoms with Gasteiger partial charge in [-0.15, -0.1) is 0 Å². The number of nitrogens with zero attached hydrogens (tertiary/aromatic N) is 2. The lowest BCUT2D eigenvalue weighted by Crippen LogP contribution is -2.57. The molecule has 13 heteroatoms. The molecule has 3 N–H and O–H groups in total. The number of methoxy groups -OCH3 is 1. The summed E-state index contributed by atoms with van der Waals surface area (Å²) in [4.78, 5) is 65.5. The number of carboxylic acids is 1. The molecular formula is C31H29IN4O8. The van der Waals surface area contributed by atoms with E-state index in [4.69, 9.17) is 9.47 Å². The van der Waals surface area contributed by atoms with Crippen LogP contribution in [0.25, 0.3) is 11.1 Å². The molecule has 1 aliphatic carbocycles. The van der Waals surface area contributed by atoms with Crippen molar-refractivity contribution in [2.75, 3.05) is 31.8 Å². The fraction of sp³-hybridized carbons (Fsp3) is 0.258. The molecule has 1 saturated heterocycles. The Morgan fingerprint density at radius 3 is 2.32 bits per heavy atom. The van der Waals surface area contributed by atoms with Crippen LogP contribution in [-0.4, -0.2) is 72.9 Å². The molecule has 1 aliphatic heterocycles. The molecule has 0 aromatic heterocycles. The standard InChI is InChI=1S/C31H29IN4O8/c1-43-26-11-10-18(32)14-25(26)35-13-12-27(37)36(31(35)42)17-33-29(40)24(15-28(38)39)34-30(41)44-16-23-21-8-4-2-6-19(21)20-7-3-5-9-22(20)23/h2-11,14,23-24H,12-13,15-17H2,1H3,(H,33,40)(H,34,41)(H,38,39)/t24-/m0/s1. The van der Waals surface area contributed by atoms with Crippen LogP contribution in [0.4, 0.5) is 15.3 Å². The van der Waals surface area contributed by atoms with Gasteiger partial charge in [-0.1, -0.05) is 48.5 Å². The van der Waals surface area contributed by atoms with E-state index < -0.39 is 49.0 Å². The molecule has 3 aromatic rings. The quantitative estimate of drug-likeness (QED) is 0.268. The van der Waals surface area contributed by atoms with E-state index in [0.717, 1.165) is 30.7 Å². The highest BCUT2D eigenvalue weighted by atomic mass is 127. The van der Waals surface area contributed by atoms with Gasteiger partial charge in [0.1, 0.15) is 25.1 Å². The summed E-state index contributed by atoms with van der Waals surface area (Å²) in [6, 6.07) is 18.6. The number of alkyl carbamates (subject to hydrolysis) is 1. The molecule has 12 nitrogen and oxygen atoms in total. The Hall–Kier alpha value is -4.66. The molecule has 0 unspecified atom stereocenters. The van der Waals surface area contributed by atoms with Gasteiger partial charge in [-0.25, -0.2) is 14.5 Å². The number of urea groups is 1. The van der Waals surface area contributed by atoms with Crippen molar-refractivity contribution in [3.63, 3.8) is 0 Å². The summed E-state index contributed by atoms with van der Waals surface area (Å²) in [5, 5.41) is 14.1. The van der Waals surface area contributed by atoms with Crippen LogP contribution >= 0.6 is 22.6 Å². The van der Waals surface area contributed by atoms with E-state index in [1.165, 1.54) is 12.0 Å². The number of aliphatic carboxylic acids is 1.